The van der Waals surface area contributed by atoms with Gasteiger partial charge >= 0.3 is 5.97 Å². The average Bonchev–Trinajstić information content (AvgIpc) is 2.38. The van der Waals surface area contributed by atoms with Crippen LogP contribution in [0.15, 0.2) is 18.2 Å². The van der Waals surface area contributed by atoms with Gasteiger partial charge in [0.1, 0.15) is 6.04 Å². The van der Waals surface area contributed by atoms with Gasteiger partial charge in [-0.3, -0.25) is 4.79 Å². The number of nitrogens with one attached hydrogen (secondary N) is 2. The van der Waals surface area contributed by atoms with Gasteiger partial charge in [0.15, 0.2) is 0 Å². The zero-order valence-electron chi connectivity index (χ0n) is 10.6. The zero-order chi connectivity index (χ0) is 13.8. The van der Waals surface area contributed by atoms with Crippen LogP contribution in [0.1, 0.15) is 23.2 Å². The van der Waals surface area contributed by atoms with E-state index in [1.54, 1.807) is 19.2 Å². The van der Waals surface area contributed by atoms with Crippen LogP contribution in [0.4, 0.5) is 11.4 Å². The van der Waals surface area contributed by atoms with Crippen molar-refractivity contribution in [2.75, 3.05) is 24.4 Å². The van der Waals surface area contributed by atoms with Crippen LogP contribution in [0.3, 0.4) is 0 Å². The molecule has 0 saturated carbocycles. The Kier molecular flexibility index (Phi) is 4.01. The number of carbonyl (C=O) groups is 2. The number of amides is 1. The molecule has 0 fully saturated rings. The molecule has 19 heavy (non-hydrogen) atoms. The largest absolute Gasteiger partial charge is 0.478 e. The molecule has 6 heteroatoms. The van der Waals surface area contributed by atoms with Crippen LogP contribution in [0.2, 0.25) is 0 Å². The van der Waals surface area contributed by atoms with Gasteiger partial charge in [0.25, 0.3) is 0 Å². The van der Waals surface area contributed by atoms with Gasteiger partial charge in [-0.05, 0) is 25.0 Å². The summed E-state index contributed by atoms with van der Waals surface area (Å²) in [4.78, 5) is 23.0. The van der Waals surface area contributed by atoms with Crippen LogP contribution in [0.25, 0.3) is 0 Å². The monoisotopic (exact) mass is 264 g/mol. The van der Waals surface area contributed by atoms with Crippen molar-refractivity contribution < 1.29 is 19.4 Å². The number of methoxy groups -OCH3 is 1. The highest BCUT2D eigenvalue weighted by atomic mass is 16.5. The molecule has 1 atom stereocenters. The first-order valence-electron chi connectivity index (χ1n) is 6.06. The van der Waals surface area contributed by atoms with Crippen molar-refractivity contribution >= 4 is 23.3 Å². The molecule has 3 N–H and O–H groups in total. The number of carboxylic acid groups (broad SMARTS) is 1. The van der Waals surface area contributed by atoms with Crippen LogP contribution in [0.5, 0.6) is 0 Å². The van der Waals surface area contributed by atoms with E-state index >= 15 is 0 Å². The molecule has 1 unspecified atom stereocenters. The minimum Gasteiger partial charge on any atom is -0.478 e. The number of carboxylic acids is 1. The van der Waals surface area contributed by atoms with Crippen molar-refractivity contribution in [2.24, 2.45) is 0 Å². The van der Waals surface area contributed by atoms with Crippen LogP contribution < -0.4 is 10.6 Å². The van der Waals surface area contributed by atoms with Gasteiger partial charge in [-0.25, -0.2) is 4.79 Å². The molecule has 1 aliphatic heterocycles. The van der Waals surface area contributed by atoms with Crippen molar-refractivity contribution in [3.63, 3.8) is 0 Å². The van der Waals surface area contributed by atoms with Crippen LogP contribution >= 0.6 is 0 Å². The second kappa shape index (κ2) is 5.71. The fourth-order valence-electron chi connectivity index (χ4n) is 2.08. The Bertz CT molecular complexity index is 501. The second-order valence-corrected chi connectivity index (χ2v) is 4.35. The predicted molar refractivity (Wildman–Crippen MR) is 70.6 cm³/mol. The molecule has 6 nitrogen and oxygen atoms in total. The third-order valence-electron chi connectivity index (χ3n) is 3.03. The van der Waals surface area contributed by atoms with E-state index in [1.807, 2.05) is 0 Å². The molecule has 2 rings (SSSR count). The van der Waals surface area contributed by atoms with Crippen LogP contribution in [-0.2, 0) is 9.53 Å². The summed E-state index contributed by atoms with van der Waals surface area (Å²) < 4.78 is 4.95. The molecule has 0 radical (unpaired) electrons. The fourth-order valence-corrected chi connectivity index (χ4v) is 2.08. The lowest BCUT2D eigenvalue weighted by Gasteiger charge is -2.27. The first-order valence-corrected chi connectivity index (χ1v) is 6.06. The van der Waals surface area contributed by atoms with Gasteiger partial charge in [-0.1, -0.05) is 6.07 Å². The lowest BCUT2D eigenvalue weighted by atomic mass is 10.0. The average molecular weight is 264 g/mol. The number of carbonyl (C=O) groups excluding carboxylic acids is 1. The number of anilines is 2. The number of hydrogen-bond acceptors (Lipinski definition) is 4. The predicted octanol–water partition coefficient (Wildman–Crippen LogP) is 1.54. The molecule has 1 aliphatic rings. The summed E-state index contributed by atoms with van der Waals surface area (Å²) in [6.45, 7) is 0.591. The van der Waals surface area contributed by atoms with Gasteiger partial charge in [0.05, 0.1) is 16.9 Å². The highest BCUT2D eigenvalue weighted by Crippen LogP contribution is 2.31. The summed E-state index contributed by atoms with van der Waals surface area (Å²) in [5.41, 5.74) is 1.07. The van der Waals surface area contributed by atoms with Gasteiger partial charge in [0.2, 0.25) is 5.91 Å². The molecule has 1 aromatic rings. The van der Waals surface area contributed by atoms with Crippen LogP contribution in [0, 0.1) is 0 Å². The normalized spacial score (nSPS) is 17.3. The molecule has 0 aromatic heterocycles. The maximum atomic E-state index is 11.9. The standard InChI is InChI=1S/C13H16N2O4/c1-19-7-3-6-10-12(16)15-11-8(13(17)18)4-2-5-9(11)14-10/h2,4-5,10,14H,3,6-7H2,1H3,(H,15,16)(H,17,18). The molecule has 0 bridgehead atoms. The first kappa shape index (κ1) is 13.4. The van der Waals surface area contributed by atoms with E-state index in [4.69, 9.17) is 9.84 Å². The minimum atomic E-state index is -1.06. The molecule has 0 spiro atoms. The lowest BCUT2D eigenvalue weighted by molar-refractivity contribution is -0.117. The Morgan fingerprint density at radius 1 is 1.47 bits per heavy atom. The molecule has 1 heterocycles. The maximum absolute atomic E-state index is 11.9. The number of aromatic carboxylic acids is 1. The van der Waals surface area contributed by atoms with Crippen molar-refractivity contribution in [2.45, 2.75) is 18.9 Å². The van der Waals surface area contributed by atoms with Crippen molar-refractivity contribution in [3.05, 3.63) is 23.8 Å². The summed E-state index contributed by atoms with van der Waals surface area (Å²) >= 11 is 0. The van der Waals surface area contributed by atoms with E-state index in [1.165, 1.54) is 6.07 Å². The molecule has 1 aromatic carbocycles. The SMILES string of the molecule is COCCCC1Nc2cccc(C(=O)O)c2NC1=O. The summed E-state index contributed by atoms with van der Waals surface area (Å²) in [7, 11) is 1.61. The molecule has 0 saturated heterocycles. The van der Waals surface area contributed by atoms with Crippen molar-refractivity contribution in [1.82, 2.24) is 0 Å². The van der Waals surface area contributed by atoms with E-state index < -0.39 is 5.97 Å². The number of hydrogen-bond donors (Lipinski definition) is 3. The number of fused-ring (bicyclic) bond motifs is 1. The van der Waals surface area contributed by atoms with E-state index in [0.29, 0.717) is 24.4 Å². The third-order valence-corrected chi connectivity index (χ3v) is 3.03. The van der Waals surface area contributed by atoms with Crippen LogP contribution in [-0.4, -0.2) is 36.7 Å². The fraction of sp³-hybridized carbons (Fsp3) is 0.385. The van der Waals surface area contributed by atoms with Gasteiger partial charge in [-0.2, -0.15) is 0 Å². The van der Waals surface area contributed by atoms with Gasteiger partial charge in [-0.15, -0.1) is 0 Å². The summed E-state index contributed by atoms with van der Waals surface area (Å²) in [6.07, 6.45) is 1.39. The first-order chi connectivity index (χ1) is 9.13. The van der Waals surface area contributed by atoms with E-state index in [9.17, 15) is 9.59 Å². The van der Waals surface area contributed by atoms with Crippen molar-refractivity contribution in [1.29, 1.82) is 0 Å². The minimum absolute atomic E-state index is 0.0914. The molecular formula is C13H16N2O4. The van der Waals surface area contributed by atoms with E-state index in [-0.39, 0.29) is 17.5 Å². The molecular weight excluding hydrogens is 248 g/mol. The Labute approximate surface area is 110 Å². The molecule has 0 aliphatic carbocycles. The van der Waals surface area contributed by atoms with E-state index in [0.717, 1.165) is 6.42 Å². The maximum Gasteiger partial charge on any atom is 0.337 e. The van der Waals surface area contributed by atoms with Gasteiger partial charge < -0.3 is 20.5 Å². The Morgan fingerprint density at radius 3 is 2.95 bits per heavy atom. The topological polar surface area (TPSA) is 87.7 Å². The summed E-state index contributed by atoms with van der Waals surface area (Å²) in [6, 6.07) is 4.52. The zero-order valence-corrected chi connectivity index (χ0v) is 10.6. The molecule has 102 valence electrons. The highest BCUT2D eigenvalue weighted by Gasteiger charge is 2.27. The molecule has 1 amide bonds. The Hall–Kier alpha value is -2.08. The van der Waals surface area contributed by atoms with Crippen molar-refractivity contribution in [3.8, 4) is 0 Å². The Balaban J connectivity index is 2.17. The number of benzene rings is 1. The summed E-state index contributed by atoms with van der Waals surface area (Å²) in [5.74, 6) is -1.27. The Morgan fingerprint density at radius 2 is 2.26 bits per heavy atom. The highest BCUT2D eigenvalue weighted by molar-refractivity contribution is 6.09. The second-order valence-electron chi connectivity index (χ2n) is 4.35. The van der Waals surface area contributed by atoms with Gasteiger partial charge in [0, 0.05) is 13.7 Å². The number of ether oxygens (including phenoxy) is 1. The summed E-state index contributed by atoms with van der Waals surface area (Å²) in [5, 5.41) is 14.8. The lowest BCUT2D eigenvalue weighted by Crippen LogP contribution is -2.39. The number of rotatable bonds is 5. The number of para-hydroxylation sites is 1. The third kappa shape index (κ3) is 2.85. The smallest absolute Gasteiger partial charge is 0.337 e. The quantitative estimate of drug-likeness (QED) is 0.702. The van der Waals surface area contributed by atoms with E-state index in [2.05, 4.69) is 10.6 Å².